The van der Waals surface area contributed by atoms with Crippen molar-refractivity contribution in [2.45, 2.75) is 6.32 Å². The number of hydrogen-bond donors (Lipinski definition) is 2. The van der Waals surface area contributed by atoms with Crippen LogP contribution in [0.3, 0.4) is 0 Å². The fourth-order valence-corrected chi connectivity index (χ4v) is 0.884. The van der Waals surface area contributed by atoms with Gasteiger partial charge in [0.15, 0.2) is 0 Å². The molecule has 1 aromatic carbocycles. The molecular weight excluding hydrogens is 165 g/mol. The summed E-state index contributed by atoms with van der Waals surface area (Å²) < 4.78 is 25.1. The predicted octanol–water partition coefficient (Wildman–Crippen LogP) is 0.519. The Hall–Kier alpha value is -0.935. The number of rotatable bonds is 2. The molecule has 2 nitrogen and oxygen atoms in total. The third-order valence-electron chi connectivity index (χ3n) is 1.42. The van der Waals surface area contributed by atoms with Crippen molar-refractivity contribution in [1.82, 2.24) is 0 Å². The van der Waals surface area contributed by atoms with Crippen LogP contribution in [0, 0.1) is 11.6 Å². The molecule has 1 aromatic rings. The molecule has 0 bridgehead atoms. The summed E-state index contributed by atoms with van der Waals surface area (Å²) in [5.41, 5.74) is 0.0893. The molecule has 0 aliphatic carbocycles. The van der Waals surface area contributed by atoms with Crippen LogP contribution >= 0.6 is 0 Å². The van der Waals surface area contributed by atoms with Gasteiger partial charge in [-0.1, -0.05) is 6.07 Å². The second-order valence-electron chi connectivity index (χ2n) is 2.42. The summed E-state index contributed by atoms with van der Waals surface area (Å²) in [4.78, 5) is 0. The summed E-state index contributed by atoms with van der Waals surface area (Å²) in [6.45, 7) is 0. The van der Waals surface area contributed by atoms with Crippen LogP contribution in [-0.2, 0) is 6.32 Å². The molecule has 0 saturated carbocycles. The van der Waals surface area contributed by atoms with Crippen LogP contribution in [0.2, 0.25) is 0 Å². The standard InChI is InChI=1S/C7H7BF2O2/c9-6-2-1-5(4-8(11)12)7(10)3-6/h1-3,11-12H,4H2. The Balaban J connectivity index is 2.86. The highest BCUT2D eigenvalue weighted by Gasteiger charge is 2.11. The van der Waals surface area contributed by atoms with E-state index in [9.17, 15) is 8.78 Å². The van der Waals surface area contributed by atoms with Gasteiger partial charge < -0.3 is 10.0 Å². The van der Waals surface area contributed by atoms with Gasteiger partial charge in [0.05, 0.1) is 0 Å². The molecule has 0 heterocycles. The van der Waals surface area contributed by atoms with Crippen molar-refractivity contribution >= 4 is 7.12 Å². The van der Waals surface area contributed by atoms with Crippen LogP contribution in [0.1, 0.15) is 5.56 Å². The van der Waals surface area contributed by atoms with Crippen molar-refractivity contribution in [2.24, 2.45) is 0 Å². The molecule has 64 valence electrons. The fraction of sp³-hybridized carbons (Fsp3) is 0.143. The van der Waals surface area contributed by atoms with E-state index in [4.69, 9.17) is 10.0 Å². The molecule has 0 unspecified atom stereocenters. The normalized spacial score (nSPS) is 10.0. The summed E-state index contributed by atoms with van der Waals surface area (Å²) >= 11 is 0. The smallest absolute Gasteiger partial charge is 0.427 e. The van der Waals surface area contributed by atoms with E-state index >= 15 is 0 Å². The van der Waals surface area contributed by atoms with Crippen molar-refractivity contribution in [3.05, 3.63) is 35.4 Å². The molecule has 0 aromatic heterocycles. The summed E-state index contributed by atoms with van der Waals surface area (Å²) in [5, 5.41) is 17.0. The molecule has 0 radical (unpaired) electrons. The molecule has 0 fully saturated rings. The predicted molar refractivity (Wildman–Crippen MR) is 40.3 cm³/mol. The molecular formula is C7H7BF2O2. The first kappa shape index (κ1) is 9.16. The fourth-order valence-electron chi connectivity index (χ4n) is 0.884. The minimum Gasteiger partial charge on any atom is -0.427 e. The van der Waals surface area contributed by atoms with Crippen LogP contribution in [0.4, 0.5) is 8.78 Å². The molecule has 5 heteroatoms. The maximum Gasteiger partial charge on any atom is 0.456 e. The average Bonchev–Trinajstić information content (AvgIpc) is 1.94. The van der Waals surface area contributed by atoms with Crippen LogP contribution in [0.15, 0.2) is 18.2 Å². The van der Waals surface area contributed by atoms with Gasteiger partial charge in [0.2, 0.25) is 0 Å². The van der Waals surface area contributed by atoms with E-state index in [0.717, 1.165) is 6.07 Å². The van der Waals surface area contributed by atoms with Crippen molar-refractivity contribution < 1.29 is 18.8 Å². The summed E-state index contributed by atoms with van der Waals surface area (Å²) in [7, 11) is -1.61. The van der Waals surface area contributed by atoms with Gasteiger partial charge in [-0.15, -0.1) is 0 Å². The SMILES string of the molecule is OB(O)Cc1ccc(F)cc1F. The van der Waals surface area contributed by atoms with Gasteiger partial charge in [0, 0.05) is 12.4 Å². The highest BCUT2D eigenvalue weighted by molar-refractivity contribution is 6.40. The highest BCUT2D eigenvalue weighted by atomic mass is 19.1. The van der Waals surface area contributed by atoms with Crippen LogP contribution in [0.5, 0.6) is 0 Å². The largest absolute Gasteiger partial charge is 0.456 e. The van der Waals surface area contributed by atoms with E-state index in [0.29, 0.717) is 6.07 Å². The van der Waals surface area contributed by atoms with Crippen molar-refractivity contribution in [3.8, 4) is 0 Å². The lowest BCUT2D eigenvalue weighted by molar-refractivity contribution is 0.403. The van der Waals surface area contributed by atoms with E-state index in [-0.39, 0.29) is 11.9 Å². The van der Waals surface area contributed by atoms with Gasteiger partial charge in [-0.05, 0) is 11.6 Å². The van der Waals surface area contributed by atoms with E-state index in [1.165, 1.54) is 6.07 Å². The molecule has 0 amide bonds. The minimum absolute atomic E-state index is 0.0893. The zero-order valence-electron chi connectivity index (χ0n) is 6.17. The lowest BCUT2D eigenvalue weighted by Crippen LogP contribution is -2.16. The maximum atomic E-state index is 12.7. The van der Waals surface area contributed by atoms with Crippen molar-refractivity contribution in [1.29, 1.82) is 0 Å². The van der Waals surface area contributed by atoms with Gasteiger partial charge >= 0.3 is 7.12 Å². The zero-order valence-corrected chi connectivity index (χ0v) is 6.17. The maximum absolute atomic E-state index is 12.7. The first-order valence-electron chi connectivity index (χ1n) is 3.39. The van der Waals surface area contributed by atoms with Gasteiger partial charge in [0.1, 0.15) is 11.6 Å². The van der Waals surface area contributed by atoms with E-state index < -0.39 is 18.8 Å². The van der Waals surface area contributed by atoms with Gasteiger partial charge in [-0.3, -0.25) is 0 Å². The molecule has 2 N–H and O–H groups in total. The second-order valence-corrected chi connectivity index (χ2v) is 2.42. The molecule has 1 rings (SSSR count). The average molecular weight is 172 g/mol. The summed E-state index contributed by atoms with van der Waals surface area (Å²) in [5.74, 6) is -1.44. The Kier molecular flexibility index (Phi) is 2.78. The Bertz CT molecular complexity index is 278. The first-order chi connectivity index (χ1) is 5.59. The Labute approximate surface area is 68.6 Å². The van der Waals surface area contributed by atoms with Gasteiger partial charge in [-0.2, -0.15) is 0 Å². The molecule has 0 saturated heterocycles. The molecule has 0 aliphatic rings. The highest BCUT2D eigenvalue weighted by Crippen LogP contribution is 2.09. The molecule has 0 atom stereocenters. The molecule has 12 heavy (non-hydrogen) atoms. The minimum atomic E-state index is -1.61. The number of hydrogen-bond acceptors (Lipinski definition) is 2. The van der Waals surface area contributed by atoms with Crippen LogP contribution in [-0.4, -0.2) is 17.2 Å². The summed E-state index contributed by atoms with van der Waals surface area (Å²) in [6.07, 6.45) is -0.230. The Morgan fingerprint density at radius 3 is 2.42 bits per heavy atom. The van der Waals surface area contributed by atoms with E-state index in [1.54, 1.807) is 0 Å². The van der Waals surface area contributed by atoms with E-state index in [2.05, 4.69) is 0 Å². The second kappa shape index (κ2) is 3.64. The lowest BCUT2D eigenvalue weighted by Gasteiger charge is -2.01. The van der Waals surface area contributed by atoms with Crippen molar-refractivity contribution in [2.75, 3.05) is 0 Å². The zero-order chi connectivity index (χ0) is 9.14. The van der Waals surface area contributed by atoms with Crippen LogP contribution in [0.25, 0.3) is 0 Å². The lowest BCUT2D eigenvalue weighted by atomic mass is 9.82. The topological polar surface area (TPSA) is 40.5 Å². The number of halogens is 2. The monoisotopic (exact) mass is 172 g/mol. The van der Waals surface area contributed by atoms with Gasteiger partial charge in [0.25, 0.3) is 0 Å². The first-order valence-corrected chi connectivity index (χ1v) is 3.39. The van der Waals surface area contributed by atoms with Crippen LogP contribution < -0.4 is 0 Å². The Morgan fingerprint density at radius 2 is 1.92 bits per heavy atom. The van der Waals surface area contributed by atoms with E-state index in [1.807, 2.05) is 0 Å². The van der Waals surface area contributed by atoms with Crippen molar-refractivity contribution in [3.63, 3.8) is 0 Å². The Morgan fingerprint density at radius 1 is 1.25 bits per heavy atom. The molecule has 0 aliphatic heterocycles. The third kappa shape index (κ3) is 2.28. The quantitative estimate of drug-likeness (QED) is 0.638. The summed E-state index contributed by atoms with van der Waals surface area (Å²) in [6, 6.07) is 2.96. The third-order valence-corrected chi connectivity index (χ3v) is 1.42. The molecule has 0 spiro atoms. The van der Waals surface area contributed by atoms with Gasteiger partial charge in [-0.25, -0.2) is 8.78 Å². The number of benzene rings is 1.